The third kappa shape index (κ3) is 3.16. The number of nitrogens with zero attached hydrogens (tertiary/aromatic N) is 4. The zero-order valence-electron chi connectivity index (χ0n) is 18.9. The highest BCUT2D eigenvalue weighted by atomic mass is 32.1. The smallest absolute Gasteiger partial charge is 0.242 e. The molecule has 0 aliphatic carbocycles. The largest absolute Gasteiger partial charge is 0.297 e. The van der Waals surface area contributed by atoms with E-state index in [4.69, 9.17) is 5.26 Å². The molecule has 168 valence electrons. The SMILES string of the molecule is C[C@H](c1ccc2scnc2c1)N1CCC2(CC1)C(=O)N(c1ccc(C#N)cc1)c1ccccc12. The van der Waals surface area contributed by atoms with Crippen molar-refractivity contribution in [2.45, 2.75) is 31.2 Å². The second-order valence-electron chi connectivity index (χ2n) is 9.19. The summed E-state index contributed by atoms with van der Waals surface area (Å²) in [6, 6.07) is 24.5. The van der Waals surface area contributed by atoms with Gasteiger partial charge in [-0.1, -0.05) is 24.3 Å². The lowest BCUT2D eigenvalue weighted by Crippen LogP contribution is -2.48. The first kappa shape index (κ1) is 21.0. The number of para-hydroxylation sites is 1. The number of carbonyl (C=O) groups excluding carboxylic acids is 1. The van der Waals surface area contributed by atoms with Gasteiger partial charge >= 0.3 is 0 Å². The minimum atomic E-state index is -0.500. The Kier molecular flexibility index (Phi) is 4.98. The molecule has 3 heterocycles. The van der Waals surface area contributed by atoms with Crippen LogP contribution in [0.4, 0.5) is 11.4 Å². The number of rotatable bonds is 3. The molecule has 1 fully saturated rings. The molecule has 0 saturated carbocycles. The van der Waals surface area contributed by atoms with E-state index in [0.717, 1.165) is 48.4 Å². The zero-order valence-corrected chi connectivity index (χ0v) is 19.8. The van der Waals surface area contributed by atoms with Crippen molar-refractivity contribution in [1.29, 1.82) is 5.26 Å². The Hall–Kier alpha value is -3.53. The number of anilines is 2. The fourth-order valence-corrected chi connectivity index (χ4v) is 6.23. The summed E-state index contributed by atoms with van der Waals surface area (Å²) < 4.78 is 1.21. The van der Waals surface area contributed by atoms with Crippen LogP contribution >= 0.6 is 11.3 Å². The standard InChI is InChI=1S/C28H24N4OS/c1-19(21-8-11-26-24(16-21)30-18-34-26)31-14-12-28(13-15-31)23-4-2-3-5-25(23)32(27(28)33)22-9-6-20(17-29)7-10-22/h2-11,16,18-19H,12-15H2,1H3/t19-/m1/s1. The number of likely N-dealkylation sites (tertiary alicyclic amines) is 1. The summed E-state index contributed by atoms with van der Waals surface area (Å²) in [5, 5.41) is 9.16. The summed E-state index contributed by atoms with van der Waals surface area (Å²) in [5.74, 6) is 0.148. The van der Waals surface area contributed by atoms with E-state index in [-0.39, 0.29) is 11.9 Å². The Bertz CT molecular complexity index is 1430. The minimum Gasteiger partial charge on any atom is -0.297 e. The van der Waals surface area contributed by atoms with Gasteiger partial charge < -0.3 is 0 Å². The van der Waals surface area contributed by atoms with E-state index in [1.54, 1.807) is 23.5 Å². The molecule has 0 unspecified atom stereocenters. The topological polar surface area (TPSA) is 60.2 Å². The van der Waals surface area contributed by atoms with Gasteiger partial charge in [-0.15, -0.1) is 11.3 Å². The maximum absolute atomic E-state index is 14.0. The van der Waals surface area contributed by atoms with E-state index in [1.165, 1.54) is 10.3 Å². The van der Waals surface area contributed by atoms with Crippen LogP contribution in [-0.4, -0.2) is 28.9 Å². The van der Waals surface area contributed by atoms with Crippen LogP contribution in [0.15, 0.2) is 72.2 Å². The third-order valence-corrected chi connectivity index (χ3v) is 8.37. The second-order valence-corrected chi connectivity index (χ2v) is 10.1. The Morgan fingerprint density at radius 1 is 1.06 bits per heavy atom. The van der Waals surface area contributed by atoms with E-state index in [0.29, 0.717) is 5.56 Å². The number of thiazole rings is 1. The van der Waals surface area contributed by atoms with E-state index in [9.17, 15) is 4.79 Å². The molecule has 0 N–H and O–H groups in total. The fraction of sp³-hybridized carbons (Fsp3) is 0.250. The quantitative estimate of drug-likeness (QED) is 0.376. The Morgan fingerprint density at radius 2 is 1.82 bits per heavy atom. The zero-order chi connectivity index (χ0) is 23.3. The first-order valence-electron chi connectivity index (χ1n) is 11.6. The minimum absolute atomic E-state index is 0.148. The highest BCUT2D eigenvalue weighted by molar-refractivity contribution is 7.16. The summed E-state index contributed by atoms with van der Waals surface area (Å²) >= 11 is 1.67. The number of amides is 1. The van der Waals surface area contributed by atoms with Crippen LogP contribution in [0.2, 0.25) is 0 Å². The predicted octanol–water partition coefficient (Wildman–Crippen LogP) is 5.94. The predicted molar refractivity (Wildman–Crippen MR) is 135 cm³/mol. The molecule has 4 aromatic rings. The molecule has 1 spiro atoms. The summed E-state index contributed by atoms with van der Waals surface area (Å²) in [5.41, 5.74) is 7.23. The average Bonchev–Trinajstić information content (AvgIpc) is 3.45. The molecule has 1 saturated heterocycles. The molecule has 2 aliphatic rings. The first-order chi connectivity index (χ1) is 16.6. The molecule has 6 rings (SSSR count). The van der Waals surface area contributed by atoms with E-state index in [1.807, 2.05) is 40.7 Å². The van der Waals surface area contributed by atoms with Crippen molar-refractivity contribution in [3.05, 3.63) is 88.9 Å². The summed E-state index contributed by atoms with van der Waals surface area (Å²) in [6.07, 6.45) is 1.58. The summed E-state index contributed by atoms with van der Waals surface area (Å²) in [4.78, 5) is 22.8. The van der Waals surface area contributed by atoms with Crippen molar-refractivity contribution in [1.82, 2.24) is 9.88 Å². The molecule has 2 aliphatic heterocycles. The Labute approximate surface area is 202 Å². The van der Waals surface area contributed by atoms with Crippen molar-refractivity contribution in [3.8, 4) is 6.07 Å². The lowest BCUT2D eigenvalue weighted by atomic mass is 9.73. The molecule has 6 heteroatoms. The van der Waals surface area contributed by atoms with Crippen molar-refractivity contribution >= 4 is 38.8 Å². The molecular weight excluding hydrogens is 440 g/mol. The van der Waals surface area contributed by atoms with E-state index >= 15 is 0 Å². The number of hydrogen-bond acceptors (Lipinski definition) is 5. The normalized spacial score (nSPS) is 18.2. The van der Waals surface area contributed by atoms with Crippen molar-refractivity contribution in [2.75, 3.05) is 18.0 Å². The molecule has 0 radical (unpaired) electrons. The first-order valence-corrected chi connectivity index (χ1v) is 12.5. The Balaban J connectivity index is 1.28. The lowest BCUT2D eigenvalue weighted by Gasteiger charge is -2.41. The average molecular weight is 465 g/mol. The monoisotopic (exact) mass is 464 g/mol. The van der Waals surface area contributed by atoms with Gasteiger partial charge in [0.15, 0.2) is 0 Å². The van der Waals surface area contributed by atoms with Gasteiger partial charge in [-0.05, 0) is 73.4 Å². The molecule has 1 atom stereocenters. The van der Waals surface area contributed by atoms with Crippen LogP contribution in [0.5, 0.6) is 0 Å². The molecular formula is C28H24N4OS. The van der Waals surface area contributed by atoms with Crippen molar-refractivity contribution < 1.29 is 4.79 Å². The van der Waals surface area contributed by atoms with Crippen LogP contribution < -0.4 is 4.90 Å². The number of carbonyl (C=O) groups is 1. The van der Waals surface area contributed by atoms with Crippen molar-refractivity contribution in [2.24, 2.45) is 0 Å². The van der Waals surface area contributed by atoms with Crippen molar-refractivity contribution in [3.63, 3.8) is 0 Å². The molecule has 5 nitrogen and oxygen atoms in total. The molecule has 1 aromatic heterocycles. The number of aromatic nitrogens is 1. The van der Waals surface area contributed by atoms with Crippen LogP contribution in [0, 0.1) is 11.3 Å². The highest BCUT2D eigenvalue weighted by Gasteiger charge is 2.52. The molecule has 34 heavy (non-hydrogen) atoms. The molecule has 0 bridgehead atoms. The van der Waals surface area contributed by atoms with Gasteiger partial charge in [0.25, 0.3) is 0 Å². The maximum Gasteiger partial charge on any atom is 0.242 e. The van der Waals surface area contributed by atoms with Gasteiger partial charge in [0.1, 0.15) is 0 Å². The van der Waals surface area contributed by atoms with Crippen LogP contribution in [0.3, 0.4) is 0 Å². The Morgan fingerprint density at radius 3 is 2.59 bits per heavy atom. The molecule has 3 aromatic carbocycles. The van der Waals surface area contributed by atoms with Gasteiger partial charge in [-0.25, -0.2) is 4.98 Å². The van der Waals surface area contributed by atoms with Gasteiger partial charge in [0, 0.05) is 24.8 Å². The summed E-state index contributed by atoms with van der Waals surface area (Å²) in [7, 11) is 0. The van der Waals surface area contributed by atoms with E-state index in [2.05, 4.69) is 47.1 Å². The number of piperidine rings is 1. The number of nitriles is 1. The maximum atomic E-state index is 14.0. The number of fused-ring (bicyclic) bond motifs is 3. The van der Waals surface area contributed by atoms with Crippen LogP contribution in [0.1, 0.15) is 42.5 Å². The number of benzene rings is 3. The van der Waals surface area contributed by atoms with Crippen LogP contribution in [0.25, 0.3) is 10.2 Å². The van der Waals surface area contributed by atoms with Gasteiger partial charge in [-0.2, -0.15) is 5.26 Å². The van der Waals surface area contributed by atoms with Gasteiger partial charge in [0.05, 0.1) is 38.5 Å². The van der Waals surface area contributed by atoms with Gasteiger partial charge in [0.2, 0.25) is 5.91 Å². The molecule has 1 amide bonds. The fourth-order valence-electron chi connectivity index (χ4n) is 5.58. The third-order valence-electron chi connectivity index (χ3n) is 7.56. The number of hydrogen-bond donors (Lipinski definition) is 0. The van der Waals surface area contributed by atoms with Gasteiger partial charge in [-0.3, -0.25) is 14.6 Å². The lowest BCUT2D eigenvalue weighted by molar-refractivity contribution is -0.124. The van der Waals surface area contributed by atoms with Crippen LogP contribution in [-0.2, 0) is 10.2 Å². The highest BCUT2D eigenvalue weighted by Crippen LogP contribution is 2.51. The second kappa shape index (κ2) is 8.05. The van der Waals surface area contributed by atoms with E-state index < -0.39 is 5.41 Å². The summed E-state index contributed by atoms with van der Waals surface area (Å²) in [6.45, 7) is 3.97.